The van der Waals surface area contributed by atoms with Gasteiger partial charge in [0.1, 0.15) is 0 Å². The minimum atomic E-state index is 0.378. The summed E-state index contributed by atoms with van der Waals surface area (Å²) in [6.45, 7) is 5.26. The first-order chi connectivity index (χ1) is 8.18. The van der Waals surface area contributed by atoms with Crippen LogP contribution in [0.3, 0.4) is 0 Å². The molecule has 0 aliphatic heterocycles. The molecule has 1 aliphatic rings. The number of hydrogen-bond donors (Lipinski definition) is 1. The quantitative estimate of drug-likeness (QED) is 0.840. The SMILES string of the molecule is Cc1ccc(C)c(C2(CCN)CCCCC2)c1. The van der Waals surface area contributed by atoms with Gasteiger partial charge in [0.15, 0.2) is 0 Å². The van der Waals surface area contributed by atoms with Gasteiger partial charge in [0.25, 0.3) is 0 Å². The van der Waals surface area contributed by atoms with Crippen LogP contribution in [0.1, 0.15) is 55.2 Å². The normalized spacial score (nSPS) is 19.2. The van der Waals surface area contributed by atoms with Crippen LogP contribution in [0.5, 0.6) is 0 Å². The molecule has 17 heavy (non-hydrogen) atoms. The van der Waals surface area contributed by atoms with Crippen molar-refractivity contribution in [1.29, 1.82) is 0 Å². The fraction of sp³-hybridized carbons (Fsp3) is 0.625. The Morgan fingerprint density at radius 1 is 1.12 bits per heavy atom. The van der Waals surface area contributed by atoms with E-state index in [1.54, 1.807) is 5.56 Å². The third kappa shape index (κ3) is 2.55. The molecule has 0 aromatic heterocycles. The molecule has 1 heteroatoms. The molecule has 0 amide bonds. The van der Waals surface area contributed by atoms with Gasteiger partial charge in [0.2, 0.25) is 0 Å². The summed E-state index contributed by atoms with van der Waals surface area (Å²) >= 11 is 0. The van der Waals surface area contributed by atoms with Gasteiger partial charge < -0.3 is 5.73 Å². The minimum Gasteiger partial charge on any atom is -0.330 e. The van der Waals surface area contributed by atoms with Gasteiger partial charge in [-0.25, -0.2) is 0 Å². The highest BCUT2D eigenvalue weighted by Crippen LogP contribution is 2.43. The van der Waals surface area contributed by atoms with E-state index in [1.807, 2.05) is 0 Å². The van der Waals surface area contributed by atoms with Crippen molar-refractivity contribution in [3.63, 3.8) is 0 Å². The highest BCUT2D eigenvalue weighted by Gasteiger charge is 2.34. The zero-order valence-electron chi connectivity index (χ0n) is 11.3. The highest BCUT2D eigenvalue weighted by molar-refractivity contribution is 5.37. The van der Waals surface area contributed by atoms with Crippen molar-refractivity contribution in [2.24, 2.45) is 5.73 Å². The molecule has 2 N–H and O–H groups in total. The van der Waals surface area contributed by atoms with Crippen LogP contribution >= 0.6 is 0 Å². The molecular weight excluding hydrogens is 206 g/mol. The molecule has 1 fully saturated rings. The molecule has 1 aromatic carbocycles. The number of benzene rings is 1. The summed E-state index contributed by atoms with van der Waals surface area (Å²) in [6.07, 6.45) is 7.94. The van der Waals surface area contributed by atoms with Crippen LogP contribution in [-0.2, 0) is 5.41 Å². The summed E-state index contributed by atoms with van der Waals surface area (Å²) < 4.78 is 0. The molecule has 0 spiro atoms. The van der Waals surface area contributed by atoms with Gasteiger partial charge in [0, 0.05) is 0 Å². The van der Waals surface area contributed by atoms with E-state index in [0.29, 0.717) is 5.41 Å². The topological polar surface area (TPSA) is 26.0 Å². The first kappa shape index (κ1) is 12.6. The van der Waals surface area contributed by atoms with Crippen LogP contribution in [0.4, 0.5) is 0 Å². The number of rotatable bonds is 3. The molecule has 0 saturated heterocycles. The molecule has 2 rings (SSSR count). The van der Waals surface area contributed by atoms with Crippen molar-refractivity contribution >= 4 is 0 Å². The van der Waals surface area contributed by atoms with Gasteiger partial charge in [-0.2, -0.15) is 0 Å². The van der Waals surface area contributed by atoms with Crippen molar-refractivity contribution in [3.8, 4) is 0 Å². The van der Waals surface area contributed by atoms with Crippen molar-refractivity contribution in [2.45, 2.75) is 57.8 Å². The fourth-order valence-electron chi connectivity index (χ4n) is 3.47. The lowest BCUT2D eigenvalue weighted by Crippen LogP contribution is -2.32. The Hall–Kier alpha value is -0.820. The van der Waals surface area contributed by atoms with Gasteiger partial charge in [0.05, 0.1) is 0 Å². The second kappa shape index (κ2) is 5.22. The molecule has 0 unspecified atom stereocenters. The lowest BCUT2D eigenvalue weighted by atomic mass is 9.66. The largest absolute Gasteiger partial charge is 0.330 e. The first-order valence-corrected chi connectivity index (χ1v) is 6.96. The van der Waals surface area contributed by atoms with Crippen LogP contribution in [-0.4, -0.2) is 6.54 Å². The second-order valence-electron chi connectivity index (χ2n) is 5.70. The Morgan fingerprint density at radius 2 is 1.82 bits per heavy atom. The predicted octanol–water partition coefficient (Wildman–Crippen LogP) is 3.85. The Bertz CT molecular complexity index is 370. The molecule has 0 radical (unpaired) electrons. The van der Waals surface area contributed by atoms with Gasteiger partial charge in [-0.1, -0.05) is 43.0 Å². The Labute approximate surface area is 105 Å². The Morgan fingerprint density at radius 3 is 2.47 bits per heavy atom. The van der Waals surface area contributed by atoms with E-state index < -0.39 is 0 Å². The van der Waals surface area contributed by atoms with E-state index >= 15 is 0 Å². The zero-order valence-corrected chi connectivity index (χ0v) is 11.3. The number of nitrogens with two attached hydrogens (primary N) is 1. The van der Waals surface area contributed by atoms with E-state index in [4.69, 9.17) is 5.73 Å². The average Bonchev–Trinajstić information content (AvgIpc) is 2.34. The van der Waals surface area contributed by atoms with Gasteiger partial charge in [-0.3, -0.25) is 0 Å². The lowest BCUT2D eigenvalue weighted by molar-refractivity contribution is 0.276. The minimum absolute atomic E-state index is 0.378. The lowest BCUT2D eigenvalue weighted by Gasteiger charge is -2.39. The number of aryl methyl sites for hydroxylation is 2. The summed E-state index contributed by atoms with van der Waals surface area (Å²) in [5.41, 5.74) is 10.7. The number of hydrogen-bond acceptors (Lipinski definition) is 1. The molecule has 0 heterocycles. The maximum Gasteiger partial charge on any atom is -0.00323 e. The maximum atomic E-state index is 5.87. The van der Waals surface area contributed by atoms with Gasteiger partial charge >= 0.3 is 0 Å². The second-order valence-corrected chi connectivity index (χ2v) is 5.70. The maximum absolute atomic E-state index is 5.87. The van der Waals surface area contributed by atoms with Crippen molar-refractivity contribution in [3.05, 3.63) is 34.9 Å². The molecule has 1 aromatic rings. The zero-order chi connectivity index (χ0) is 12.3. The van der Waals surface area contributed by atoms with E-state index in [2.05, 4.69) is 32.0 Å². The third-order valence-electron chi connectivity index (χ3n) is 4.40. The molecule has 1 aliphatic carbocycles. The van der Waals surface area contributed by atoms with Crippen LogP contribution in [0.15, 0.2) is 18.2 Å². The molecule has 1 nitrogen and oxygen atoms in total. The van der Waals surface area contributed by atoms with Crippen LogP contribution in [0.2, 0.25) is 0 Å². The van der Waals surface area contributed by atoms with Crippen molar-refractivity contribution in [2.75, 3.05) is 6.54 Å². The van der Waals surface area contributed by atoms with Crippen molar-refractivity contribution in [1.82, 2.24) is 0 Å². The standard InChI is InChI=1S/C16H25N/c1-13-6-7-14(2)15(12-13)16(10-11-17)8-4-3-5-9-16/h6-7,12H,3-5,8-11,17H2,1-2H3. The fourth-order valence-corrected chi connectivity index (χ4v) is 3.47. The van der Waals surface area contributed by atoms with E-state index in [9.17, 15) is 0 Å². The molecule has 1 saturated carbocycles. The molecular formula is C16H25N. The Balaban J connectivity index is 2.40. The van der Waals surface area contributed by atoms with Crippen molar-refractivity contribution < 1.29 is 0 Å². The summed E-state index contributed by atoms with van der Waals surface area (Å²) in [4.78, 5) is 0. The Kier molecular flexibility index (Phi) is 3.88. The van der Waals surface area contributed by atoms with E-state index in [0.717, 1.165) is 13.0 Å². The van der Waals surface area contributed by atoms with Crippen LogP contribution in [0, 0.1) is 13.8 Å². The summed E-state index contributed by atoms with van der Waals surface area (Å²) in [5, 5.41) is 0. The summed E-state index contributed by atoms with van der Waals surface area (Å²) in [6, 6.07) is 6.89. The molecule has 0 atom stereocenters. The molecule has 0 bridgehead atoms. The predicted molar refractivity (Wildman–Crippen MR) is 74.4 cm³/mol. The third-order valence-corrected chi connectivity index (χ3v) is 4.40. The van der Waals surface area contributed by atoms with Crippen LogP contribution < -0.4 is 5.73 Å². The van der Waals surface area contributed by atoms with Gasteiger partial charge in [-0.05, 0) is 56.2 Å². The summed E-state index contributed by atoms with van der Waals surface area (Å²) in [7, 11) is 0. The van der Waals surface area contributed by atoms with E-state index in [-0.39, 0.29) is 0 Å². The summed E-state index contributed by atoms with van der Waals surface area (Å²) in [5.74, 6) is 0. The van der Waals surface area contributed by atoms with Crippen LogP contribution in [0.25, 0.3) is 0 Å². The first-order valence-electron chi connectivity index (χ1n) is 6.96. The van der Waals surface area contributed by atoms with E-state index in [1.165, 1.54) is 43.2 Å². The monoisotopic (exact) mass is 231 g/mol. The highest BCUT2D eigenvalue weighted by atomic mass is 14.5. The smallest absolute Gasteiger partial charge is 0.00323 e. The van der Waals surface area contributed by atoms with Gasteiger partial charge in [-0.15, -0.1) is 0 Å². The molecule has 94 valence electrons. The average molecular weight is 231 g/mol.